The lowest BCUT2D eigenvalue weighted by Gasteiger charge is -2.44. The Bertz CT molecular complexity index is 865. The Kier molecular flexibility index (Phi) is 5.56. The summed E-state index contributed by atoms with van der Waals surface area (Å²) in [4.78, 5) is 30.4. The Morgan fingerprint density at radius 1 is 0.931 bits per heavy atom. The van der Waals surface area contributed by atoms with Crippen molar-refractivity contribution in [3.05, 3.63) is 65.7 Å². The van der Waals surface area contributed by atoms with Gasteiger partial charge in [-0.1, -0.05) is 42.5 Å². The smallest absolute Gasteiger partial charge is 0.248 e. The highest BCUT2D eigenvalue weighted by atomic mass is 16.3. The molecule has 5 nitrogen and oxygen atoms in total. The molecule has 152 valence electrons. The first-order valence-electron chi connectivity index (χ1n) is 10.5. The van der Waals surface area contributed by atoms with Gasteiger partial charge in [0.25, 0.3) is 0 Å². The summed E-state index contributed by atoms with van der Waals surface area (Å²) in [5.74, 6) is 0.401. The highest BCUT2D eigenvalue weighted by Gasteiger charge is 2.52. The average Bonchev–Trinajstić information content (AvgIpc) is 3.16. The maximum atomic E-state index is 13.5. The summed E-state index contributed by atoms with van der Waals surface area (Å²) in [5, 5.41) is 9.42. The van der Waals surface area contributed by atoms with Crippen LogP contribution in [0.5, 0.6) is 5.75 Å². The minimum Gasteiger partial charge on any atom is -0.508 e. The zero-order valence-electron chi connectivity index (χ0n) is 16.7. The van der Waals surface area contributed by atoms with E-state index >= 15 is 0 Å². The molecule has 1 spiro atoms. The van der Waals surface area contributed by atoms with Gasteiger partial charge in [-0.2, -0.15) is 0 Å². The number of likely N-dealkylation sites (tertiary alicyclic amines) is 2. The van der Waals surface area contributed by atoms with Gasteiger partial charge in [0.1, 0.15) is 11.3 Å². The molecule has 2 fully saturated rings. The fourth-order valence-electron chi connectivity index (χ4n) is 4.79. The Balaban J connectivity index is 1.45. The number of phenolic OH excluding ortho intramolecular Hbond substituents is 1. The van der Waals surface area contributed by atoms with Crippen LogP contribution in [0.1, 0.15) is 43.2 Å². The number of piperidine rings is 1. The van der Waals surface area contributed by atoms with Crippen molar-refractivity contribution in [2.24, 2.45) is 0 Å². The summed E-state index contributed by atoms with van der Waals surface area (Å²) in [6.07, 6.45) is 4.35. The summed E-state index contributed by atoms with van der Waals surface area (Å²) in [7, 11) is 0. The van der Waals surface area contributed by atoms with E-state index in [1.54, 1.807) is 12.1 Å². The van der Waals surface area contributed by atoms with Crippen molar-refractivity contribution in [3.63, 3.8) is 0 Å². The van der Waals surface area contributed by atoms with Crippen molar-refractivity contribution in [1.82, 2.24) is 9.80 Å². The molecule has 0 aromatic heterocycles. The molecule has 2 amide bonds. The number of hydrogen-bond acceptors (Lipinski definition) is 3. The highest BCUT2D eigenvalue weighted by Crippen LogP contribution is 2.39. The van der Waals surface area contributed by atoms with E-state index in [0.717, 1.165) is 43.4 Å². The third kappa shape index (κ3) is 4.00. The molecular formula is C24H28N2O3. The second-order valence-corrected chi connectivity index (χ2v) is 8.16. The summed E-state index contributed by atoms with van der Waals surface area (Å²) < 4.78 is 0. The average molecular weight is 392 g/mol. The number of hydrogen-bond donors (Lipinski definition) is 1. The predicted octanol–water partition coefficient (Wildman–Crippen LogP) is 3.51. The molecule has 2 aliphatic heterocycles. The number of nitrogens with zero attached hydrogens (tertiary/aromatic N) is 2. The standard InChI is InChI=1S/C24H28N2O3/c27-21-11-8-19(9-12-21)10-13-22(28)26-17-5-15-24(26)14-4-16-25(23(24)29)18-20-6-2-1-3-7-20/h1-3,6-9,11-12,27H,4-5,10,13-18H2. The third-order valence-corrected chi connectivity index (χ3v) is 6.27. The van der Waals surface area contributed by atoms with E-state index in [1.807, 2.05) is 52.3 Å². The van der Waals surface area contributed by atoms with Gasteiger partial charge in [-0.15, -0.1) is 0 Å². The number of rotatable bonds is 5. The van der Waals surface area contributed by atoms with Crippen LogP contribution in [0.15, 0.2) is 54.6 Å². The van der Waals surface area contributed by atoms with Gasteiger partial charge in [0.15, 0.2) is 0 Å². The van der Waals surface area contributed by atoms with Crippen molar-refractivity contribution < 1.29 is 14.7 Å². The lowest BCUT2D eigenvalue weighted by molar-refractivity contribution is -0.155. The molecule has 2 heterocycles. The topological polar surface area (TPSA) is 60.9 Å². The lowest BCUT2D eigenvalue weighted by atomic mass is 9.85. The second kappa shape index (κ2) is 8.27. The number of aryl methyl sites for hydroxylation is 1. The van der Waals surface area contributed by atoms with Gasteiger partial charge in [-0.3, -0.25) is 9.59 Å². The van der Waals surface area contributed by atoms with Crippen LogP contribution in [0, 0.1) is 0 Å². The first-order chi connectivity index (χ1) is 14.1. The fourth-order valence-corrected chi connectivity index (χ4v) is 4.79. The van der Waals surface area contributed by atoms with E-state index in [0.29, 0.717) is 25.9 Å². The molecule has 0 saturated carbocycles. The minimum absolute atomic E-state index is 0.0606. The maximum Gasteiger partial charge on any atom is 0.248 e. The van der Waals surface area contributed by atoms with Crippen LogP contribution in [0.25, 0.3) is 0 Å². The van der Waals surface area contributed by atoms with E-state index < -0.39 is 5.54 Å². The molecule has 2 aromatic carbocycles. The number of aromatic hydroxyl groups is 1. The second-order valence-electron chi connectivity index (χ2n) is 8.16. The van der Waals surface area contributed by atoms with E-state index in [1.165, 1.54) is 0 Å². The SMILES string of the molecule is O=C(CCc1ccc(O)cc1)N1CCCC12CCCN(Cc1ccccc1)C2=O. The van der Waals surface area contributed by atoms with Gasteiger partial charge < -0.3 is 14.9 Å². The number of amides is 2. The quantitative estimate of drug-likeness (QED) is 0.847. The number of carbonyl (C=O) groups is 2. The van der Waals surface area contributed by atoms with Gasteiger partial charge in [0, 0.05) is 26.1 Å². The number of benzene rings is 2. The van der Waals surface area contributed by atoms with E-state index in [4.69, 9.17) is 0 Å². The molecule has 1 unspecified atom stereocenters. The normalized spacial score (nSPS) is 21.7. The van der Waals surface area contributed by atoms with Gasteiger partial charge >= 0.3 is 0 Å². The van der Waals surface area contributed by atoms with Gasteiger partial charge in [-0.25, -0.2) is 0 Å². The van der Waals surface area contributed by atoms with E-state index in [9.17, 15) is 14.7 Å². The van der Waals surface area contributed by atoms with Crippen molar-refractivity contribution in [2.45, 2.75) is 50.6 Å². The number of phenols is 1. The van der Waals surface area contributed by atoms with Crippen LogP contribution < -0.4 is 0 Å². The van der Waals surface area contributed by atoms with Crippen LogP contribution >= 0.6 is 0 Å². The van der Waals surface area contributed by atoms with Crippen LogP contribution in [-0.4, -0.2) is 45.3 Å². The fraction of sp³-hybridized carbons (Fsp3) is 0.417. The van der Waals surface area contributed by atoms with E-state index in [-0.39, 0.29) is 17.6 Å². The summed E-state index contributed by atoms with van der Waals surface area (Å²) in [6, 6.07) is 17.0. The van der Waals surface area contributed by atoms with Gasteiger partial charge in [0.2, 0.25) is 11.8 Å². The summed E-state index contributed by atoms with van der Waals surface area (Å²) in [6.45, 7) is 2.03. The largest absolute Gasteiger partial charge is 0.508 e. The highest BCUT2D eigenvalue weighted by molar-refractivity contribution is 5.92. The van der Waals surface area contributed by atoms with Crippen molar-refractivity contribution in [3.8, 4) is 5.75 Å². The summed E-state index contributed by atoms with van der Waals surface area (Å²) >= 11 is 0. The third-order valence-electron chi connectivity index (χ3n) is 6.27. The van der Waals surface area contributed by atoms with E-state index in [2.05, 4.69) is 0 Å². The molecule has 2 aromatic rings. The van der Waals surface area contributed by atoms with Gasteiger partial charge in [-0.05, 0) is 55.4 Å². The summed E-state index contributed by atoms with van der Waals surface area (Å²) in [5.41, 5.74) is 1.49. The molecular weight excluding hydrogens is 364 g/mol. The zero-order valence-corrected chi connectivity index (χ0v) is 16.7. The maximum absolute atomic E-state index is 13.5. The van der Waals surface area contributed by atoms with Crippen LogP contribution in [0.2, 0.25) is 0 Å². The first-order valence-corrected chi connectivity index (χ1v) is 10.5. The van der Waals surface area contributed by atoms with Crippen LogP contribution in [-0.2, 0) is 22.6 Å². The Morgan fingerprint density at radius 2 is 1.62 bits per heavy atom. The first kappa shape index (κ1) is 19.5. The molecule has 2 aliphatic rings. The molecule has 5 heteroatoms. The molecule has 29 heavy (non-hydrogen) atoms. The van der Waals surface area contributed by atoms with Crippen LogP contribution in [0.4, 0.5) is 0 Å². The Hall–Kier alpha value is -2.82. The Labute approximate surface area is 171 Å². The molecule has 0 aliphatic carbocycles. The molecule has 2 saturated heterocycles. The van der Waals surface area contributed by atoms with Crippen LogP contribution in [0.3, 0.4) is 0 Å². The van der Waals surface area contributed by atoms with Crippen molar-refractivity contribution in [1.29, 1.82) is 0 Å². The molecule has 0 bridgehead atoms. The lowest BCUT2D eigenvalue weighted by Crippen LogP contribution is -2.61. The Morgan fingerprint density at radius 3 is 2.34 bits per heavy atom. The molecule has 0 radical (unpaired) electrons. The predicted molar refractivity (Wildman–Crippen MR) is 111 cm³/mol. The van der Waals surface area contributed by atoms with Gasteiger partial charge in [0.05, 0.1) is 0 Å². The number of carbonyl (C=O) groups excluding carboxylic acids is 2. The molecule has 1 N–H and O–H groups in total. The van der Waals surface area contributed by atoms with Crippen molar-refractivity contribution >= 4 is 11.8 Å². The molecule has 4 rings (SSSR count). The monoisotopic (exact) mass is 392 g/mol. The zero-order chi connectivity index (χ0) is 20.3. The van der Waals surface area contributed by atoms with Crippen molar-refractivity contribution in [2.75, 3.05) is 13.1 Å². The molecule has 1 atom stereocenters. The minimum atomic E-state index is -0.654.